The lowest BCUT2D eigenvalue weighted by molar-refractivity contribution is -0.190. The normalized spacial score (nSPS) is 27.4. The van der Waals surface area contributed by atoms with Crippen LogP contribution in [0.5, 0.6) is 5.75 Å². The van der Waals surface area contributed by atoms with E-state index in [4.69, 9.17) is 32.7 Å². The first-order valence-electron chi connectivity index (χ1n) is 14.8. The first-order chi connectivity index (χ1) is 20.4. The lowest BCUT2D eigenvalue weighted by Gasteiger charge is -2.38. The first kappa shape index (κ1) is 30.9. The molecule has 0 bridgehead atoms. The molecule has 1 amide bonds. The number of halogens is 6. The van der Waals surface area contributed by atoms with Crippen molar-refractivity contribution in [3.63, 3.8) is 0 Å². The van der Waals surface area contributed by atoms with Crippen LogP contribution in [0.25, 0.3) is 0 Å². The van der Waals surface area contributed by atoms with E-state index in [0.717, 1.165) is 24.8 Å². The maximum Gasteiger partial charge on any atom is 0.408 e. The highest BCUT2D eigenvalue weighted by Crippen LogP contribution is 2.46. The second kappa shape index (κ2) is 12.0. The SMILES string of the molecule is C[C@H]1CCN(C(=O)c2cc(C3CC3)c(OCC3CCN([C@@H](c4cc(Cl)cc(Cl)c4)C(F)(F)F)CC3)cc2F)[C@@H]1C1OC1O. The third-order valence-corrected chi connectivity index (χ3v) is 9.65. The van der Waals surface area contributed by atoms with Crippen LogP contribution < -0.4 is 4.74 Å². The molecule has 1 saturated carbocycles. The van der Waals surface area contributed by atoms with Gasteiger partial charge in [-0.25, -0.2) is 4.39 Å². The van der Waals surface area contributed by atoms with Crippen LogP contribution in [0.1, 0.15) is 72.5 Å². The van der Waals surface area contributed by atoms with Gasteiger partial charge in [0.15, 0.2) is 6.29 Å². The molecule has 2 unspecified atom stereocenters. The highest BCUT2D eigenvalue weighted by molar-refractivity contribution is 6.34. The number of benzene rings is 2. The predicted molar refractivity (Wildman–Crippen MR) is 153 cm³/mol. The number of piperidine rings is 1. The number of aliphatic hydroxyl groups is 1. The van der Waals surface area contributed by atoms with Crippen molar-refractivity contribution in [2.75, 3.05) is 26.2 Å². The summed E-state index contributed by atoms with van der Waals surface area (Å²) in [7, 11) is 0. The number of hydrogen-bond acceptors (Lipinski definition) is 5. The maximum atomic E-state index is 15.4. The molecule has 3 aliphatic heterocycles. The fraction of sp³-hybridized carbons (Fsp3) is 0.581. The number of epoxide rings is 1. The molecule has 3 saturated heterocycles. The van der Waals surface area contributed by atoms with Crippen LogP contribution in [0.2, 0.25) is 10.0 Å². The third-order valence-electron chi connectivity index (χ3n) is 9.21. The Hall–Kier alpha value is -2.11. The average molecular weight is 646 g/mol. The Labute approximate surface area is 257 Å². The number of nitrogens with zero attached hydrogens (tertiary/aromatic N) is 2. The van der Waals surface area contributed by atoms with Crippen molar-refractivity contribution in [2.24, 2.45) is 11.8 Å². The molecule has 0 spiro atoms. The number of likely N-dealkylation sites (tertiary alicyclic amines) is 2. The van der Waals surface area contributed by atoms with Gasteiger partial charge < -0.3 is 19.5 Å². The molecule has 12 heteroatoms. The summed E-state index contributed by atoms with van der Waals surface area (Å²) < 4.78 is 69.2. The zero-order valence-corrected chi connectivity index (χ0v) is 25.1. The number of carbonyl (C=O) groups excluding carboxylic acids is 1. The summed E-state index contributed by atoms with van der Waals surface area (Å²) in [6.45, 7) is 3.10. The van der Waals surface area contributed by atoms with Crippen molar-refractivity contribution >= 4 is 29.1 Å². The van der Waals surface area contributed by atoms with Gasteiger partial charge >= 0.3 is 6.18 Å². The quantitative estimate of drug-likeness (QED) is 0.248. The Kier molecular flexibility index (Phi) is 8.63. The lowest BCUT2D eigenvalue weighted by Crippen LogP contribution is -2.44. The van der Waals surface area contributed by atoms with Crippen LogP contribution in [-0.4, -0.2) is 71.7 Å². The van der Waals surface area contributed by atoms with Crippen molar-refractivity contribution in [1.82, 2.24) is 9.80 Å². The van der Waals surface area contributed by atoms with Gasteiger partial charge in [0.2, 0.25) is 0 Å². The number of ether oxygens (including phenoxy) is 2. The van der Waals surface area contributed by atoms with Gasteiger partial charge in [0, 0.05) is 22.7 Å². The Bertz CT molecular complexity index is 1350. The smallest absolute Gasteiger partial charge is 0.408 e. The molecule has 3 heterocycles. The monoisotopic (exact) mass is 644 g/mol. The minimum atomic E-state index is -4.51. The summed E-state index contributed by atoms with van der Waals surface area (Å²) in [6.07, 6.45) is -2.34. The molecule has 5 atom stereocenters. The number of alkyl halides is 3. The highest BCUT2D eigenvalue weighted by Gasteiger charge is 2.52. The van der Waals surface area contributed by atoms with E-state index in [1.54, 1.807) is 11.0 Å². The zero-order valence-electron chi connectivity index (χ0n) is 23.6. The second-order valence-electron chi connectivity index (χ2n) is 12.3. The molecule has 0 radical (unpaired) electrons. The molecule has 234 valence electrons. The van der Waals surface area contributed by atoms with Crippen LogP contribution in [0.3, 0.4) is 0 Å². The largest absolute Gasteiger partial charge is 0.493 e. The number of rotatable bonds is 8. The number of aliphatic hydroxyl groups excluding tert-OH is 1. The molecular formula is C31H34Cl2F4N2O4. The molecular weight excluding hydrogens is 611 g/mol. The summed E-state index contributed by atoms with van der Waals surface area (Å²) in [5.41, 5.74) is 0.772. The molecule has 6 rings (SSSR count). The fourth-order valence-electron chi connectivity index (χ4n) is 6.73. The molecule has 43 heavy (non-hydrogen) atoms. The maximum absolute atomic E-state index is 15.4. The molecule has 4 aliphatic rings. The van der Waals surface area contributed by atoms with Crippen molar-refractivity contribution in [3.8, 4) is 5.75 Å². The van der Waals surface area contributed by atoms with Crippen LogP contribution in [0, 0.1) is 17.7 Å². The van der Waals surface area contributed by atoms with Crippen LogP contribution >= 0.6 is 23.2 Å². The van der Waals surface area contributed by atoms with Gasteiger partial charge in [-0.3, -0.25) is 9.69 Å². The van der Waals surface area contributed by atoms with Crippen molar-refractivity contribution in [3.05, 3.63) is 62.9 Å². The summed E-state index contributed by atoms with van der Waals surface area (Å²) in [4.78, 5) is 16.5. The van der Waals surface area contributed by atoms with Crippen molar-refractivity contribution < 1.29 is 36.9 Å². The van der Waals surface area contributed by atoms with E-state index in [9.17, 15) is 23.1 Å². The van der Waals surface area contributed by atoms with E-state index in [2.05, 4.69) is 0 Å². The van der Waals surface area contributed by atoms with E-state index in [0.29, 0.717) is 25.1 Å². The van der Waals surface area contributed by atoms with Crippen molar-refractivity contribution in [1.29, 1.82) is 0 Å². The number of carbonyl (C=O) groups is 1. The number of amides is 1. The van der Waals surface area contributed by atoms with Gasteiger partial charge in [-0.1, -0.05) is 30.1 Å². The summed E-state index contributed by atoms with van der Waals surface area (Å²) in [6, 6.07) is 4.76. The number of hydrogen-bond donors (Lipinski definition) is 1. The molecule has 1 N–H and O–H groups in total. The summed E-state index contributed by atoms with van der Waals surface area (Å²) in [5.74, 6) is -0.434. The molecule has 6 nitrogen and oxygen atoms in total. The first-order valence-corrected chi connectivity index (χ1v) is 15.5. The predicted octanol–water partition coefficient (Wildman–Crippen LogP) is 6.97. The van der Waals surface area contributed by atoms with Gasteiger partial charge in [-0.15, -0.1) is 0 Å². The van der Waals surface area contributed by atoms with Crippen molar-refractivity contribution in [2.45, 2.75) is 75.6 Å². The Balaban J connectivity index is 1.12. The Morgan fingerprint density at radius 3 is 2.28 bits per heavy atom. The van der Waals surface area contributed by atoms with Gasteiger partial charge in [-0.2, -0.15) is 13.2 Å². The zero-order chi connectivity index (χ0) is 30.6. The average Bonchev–Trinajstić information content (AvgIpc) is 3.86. The minimum Gasteiger partial charge on any atom is -0.493 e. The van der Waals surface area contributed by atoms with Gasteiger partial charge in [0.1, 0.15) is 23.7 Å². The van der Waals surface area contributed by atoms with Gasteiger partial charge in [-0.05, 0) is 98.3 Å². The lowest BCUT2D eigenvalue weighted by atomic mass is 9.94. The standard InChI is InChI=1S/C31H34Cl2F4N2O4/c1-16-4-9-39(26(16)27-30(41)43-27)29(40)23-13-22(18-2-3-18)25(14-24(23)34)42-15-17-5-7-38(8-6-17)28(31(35,36)37)19-10-20(32)12-21(33)11-19/h10-14,16-18,26-28,30,41H,2-9,15H2,1H3/t16-,26-,27?,28-,30?/m0/s1. The Morgan fingerprint density at radius 1 is 1.05 bits per heavy atom. The van der Waals surface area contributed by atoms with E-state index < -0.39 is 36.3 Å². The van der Waals surface area contributed by atoms with Crippen LogP contribution in [-0.2, 0) is 4.74 Å². The molecule has 2 aromatic rings. The van der Waals surface area contributed by atoms with Crippen LogP contribution in [0.4, 0.5) is 17.6 Å². The Morgan fingerprint density at radius 2 is 1.70 bits per heavy atom. The third kappa shape index (κ3) is 6.64. The topological polar surface area (TPSA) is 65.5 Å². The second-order valence-corrected chi connectivity index (χ2v) is 13.2. The van der Waals surface area contributed by atoms with Gasteiger partial charge in [0.05, 0.1) is 18.2 Å². The van der Waals surface area contributed by atoms with Crippen LogP contribution in [0.15, 0.2) is 30.3 Å². The van der Waals surface area contributed by atoms with E-state index in [-0.39, 0.29) is 64.7 Å². The minimum absolute atomic E-state index is 0.00873. The summed E-state index contributed by atoms with van der Waals surface area (Å²) >= 11 is 12.0. The van der Waals surface area contributed by atoms with E-state index >= 15 is 4.39 Å². The van der Waals surface area contributed by atoms with E-state index in [1.165, 1.54) is 29.2 Å². The highest BCUT2D eigenvalue weighted by atomic mass is 35.5. The molecule has 4 fully saturated rings. The van der Waals surface area contributed by atoms with E-state index in [1.807, 2.05) is 6.92 Å². The molecule has 2 aromatic carbocycles. The summed E-state index contributed by atoms with van der Waals surface area (Å²) in [5, 5.41) is 10.1. The molecule has 1 aliphatic carbocycles. The van der Waals surface area contributed by atoms with Gasteiger partial charge in [0.25, 0.3) is 5.91 Å². The fourth-order valence-corrected chi connectivity index (χ4v) is 7.27. The molecule has 0 aromatic heterocycles.